The van der Waals surface area contributed by atoms with Crippen LogP contribution in [0.3, 0.4) is 0 Å². The molecule has 1 aliphatic rings. The summed E-state index contributed by atoms with van der Waals surface area (Å²) in [6.07, 6.45) is 0. The Balaban J connectivity index is 1.07. The van der Waals surface area contributed by atoms with Crippen molar-refractivity contribution in [1.29, 1.82) is 0 Å². The van der Waals surface area contributed by atoms with Crippen LogP contribution in [0.2, 0.25) is 0 Å². The molecule has 0 bridgehead atoms. The molecule has 56 heavy (non-hydrogen) atoms. The van der Waals surface area contributed by atoms with Gasteiger partial charge in [-0.05, 0) is 98.6 Å². The predicted molar refractivity (Wildman–Crippen MR) is 234 cm³/mol. The molecule has 0 saturated carbocycles. The minimum absolute atomic E-state index is 0.125. The highest BCUT2D eigenvalue weighted by atomic mass is 16.3. The van der Waals surface area contributed by atoms with Gasteiger partial charge in [0.2, 0.25) is 0 Å². The first-order valence-corrected chi connectivity index (χ1v) is 19.3. The molecular weight excluding hydrogens is 683 g/mol. The van der Waals surface area contributed by atoms with Gasteiger partial charge < -0.3 is 13.7 Å². The summed E-state index contributed by atoms with van der Waals surface area (Å²) in [7, 11) is 0. The molecule has 0 spiro atoms. The Morgan fingerprint density at radius 2 is 1.09 bits per heavy atom. The summed E-state index contributed by atoms with van der Waals surface area (Å²) < 4.78 is 13.3. The molecule has 0 amide bonds. The quantitative estimate of drug-likeness (QED) is 0.182. The van der Waals surface area contributed by atoms with Gasteiger partial charge in [-0.25, -0.2) is 0 Å². The van der Waals surface area contributed by atoms with E-state index in [4.69, 9.17) is 8.83 Å². The van der Waals surface area contributed by atoms with Crippen molar-refractivity contribution in [3.05, 3.63) is 187 Å². The van der Waals surface area contributed by atoms with Gasteiger partial charge in [0.15, 0.2) is 0 Å². The summed E-state index contributed by atoms with van der Waals surface area (Å²) in [6, 6.07) is 63.5. The maximum Gasteiger partial charge on any atom is 0.143 e. The van der Waals surface area contributed by atoms with Crippen LogP contribution < -0.4 is 4.90 Å². The summed E-state index contributed by atoms with van der Waals surface area (Å²) in [5.41, 5.74) is 14.2. The molecule has 0 aliphatic heterocycles. The maximum absolute atomic E-state index is 6.75. The standard InChI is InChI=1S/C53H35NO2/c1-53(2)43-15-8-7-14-40(43)49-44(53)16-9-17-45(49)54(37-23-20-33(21-24-37)36-19-18-32-10-3-4-12-35(32)30-36)38-25-27-41-48(31-38)55-46-28-29-47-51(50(41)46)42-26-22-34-11-5-6-13-39(34)52(42)56-47/h3-31H,1-2H3. The first kappa shape index (κ1) is 31.3. The number of hydrogen-bond acceptors (Lipinski definition) is 3. The van der Waals surface area contributed by atoms with Crippen LogP contribution >= 0.6 is 0 Å². The number of hydrogen-bond donors (Lipinski definition) is 0. The first-order valence-electron chi connectivity index (χ1n) is 19.3. The molecule has 1 aliphatic carbocycles. The topological polar surface area (TPSA) is 29.5 Å². The van der Waals surface area contributed by atoms with Crippen LogP contribution in [0.15, 0.2) is 185 Å². The third-order valence-corrected chi connectivity index (χ3v) is 12.2. The minimum atomic E-state index is -0.125. The largest absolute Gasteiger partial charge is 0.456 e. The second-order valence-electron chi connectivity index (χ2n) is 15.7. The second-order valence-corrected chi connectivity index (χ2v) is 15.7. The van der Waals surface area contributed by atoms with E-state index in [2.05, 4.69) is 183 Å². The van der Waals surface area contributed by atoms with Crippen molar-refractivity contribution in [1.82, 2.24) is 0 Å². The molecule has 0 unspecified atom stereocenters. The van der Waals surface area contributed by atoms with E-state index in [-0.39, 0.29) is 5.41 Å². The third kappa shape index (κ3) is 4.40. The summed E-state index contributed by atoms with van der Waals surface area (Å²) in [4.78, 5) is 2.41. The number of benzene rings is 9. The molecule has 0 saturated heterocycles. The fraction of sp³-hybridized carbons (Fsp3) is 0.0566. The molecule has 0 fully saturated rings. The fourth-order valence-electron chi connectivity index (χ4n) is 9.51. The summed E-state index contributed by atoms with van der Waals surface area (Å²) in [5.74, 6) is 0. The summed E-state index contributed by atoms with van der Waals surface area (Å²) >= 11 is 0. The van der Waals surface area contributed by atoms with E-state index in [0.717, 1.165) is 66.3 Å². The Morgan fingerprint density at radius 3 is 1.96 bits per heavy atom. The molecule has 2 heterocycles. The molecule has 12 rings (SSSR count). The van der Waals surface area contributed by atoms with Gasteiger partial charge in [0.25, 0.3) is 0 Å². The lowest BCUT2D eigenvalue weighted by atomic mass is 9.82. The Hall–Kier alpha value is -7.10. The number of fused-ring (bicyclic) bond motifs is 13. The van der Waals surface area contributed by atoms with Crippen molar-refractivity contribution in [2.45, 2.75) is 19.3 Å². The number of rotatable bonds is 4. The van der Waals surface area contributed by atoms with Crippen molar-refractivity contribution >= 4 is 82.5 Å². The van der Waals surface area contributed by atoms with Gasteiger partial charge in [0.1, 0.15) is 22.3 Å². The van der Waals surface area contributed by atoms with E-state index in [9.17, 15) is 0 Å². The van der Waals surface area contributed by atoms with Crippen LogP contribution in [0.4, 0.5) is 17.1 Å². The fourth-order valence-corrected chi connectivity index (χ4v) is 9.51. The van der Waals surface area contributed by atoms with Crippen molar-refractivity contribution in [3.8, 4) is 22.3 Å². The van der Waals surface area contributed by atoms with E-state index in [1.165, 1.54) is 49.5 Å². The smallest absolute Gasteiger partial charge is 0.143 e. The van der Waals surface area contributed by atoms with Crippen LogP contribution in [0.25, 0.3) is 87.7 Å². The van der Waals surface area contributed by atoms with E-state index in [1.807, 2.05) is 12.1 Å². The van der Waals surface area contributed by atoms with Gasteiger partial charge >= 0.3 is 0 Å². The molecule has 3 heteroatoms. The highest BCUT2D eigenvalue weighted by molar-refractivity contribution is 6.28. The van der Waals surface area contributed by atoms with Gasteiger partial charge in [0, 0.05) is 55.4 Å². The lowest BCUT2D eigenvalue weighted by Crippen LogP contribution is -2.16. The molecule has 3 nitrogen and oxygen atoms in total. The van der Waals surface area contributed by atoms with Crippen molar-refractivity contribution in [2.24, 2.45) is 0 Å². The summed E-state index contributed by atoms with van der Waals surface area (Å²) in [5, 5.41) is 9.12. The first-order chi connectivity index (χ1) is 27.5. The molecule has 0 N–H and O–H groups in total. The molecule has 9 aromatic carbocycles. The van der Waals surface area contributed by atoms with Crippen molar-refractivity contribution in [2.75, 3.05) is 4.90 Å². The van der Waals surface area contributed by atoms with Crippen LogP contribution in [-0.4, -0.2) is 0 Å². The van der Waals surface area contributed by atoms with E-state index < -0.39 is 0 Å². The zero-order valence-electron chi connectivity index (χ0n) is 31.0. The molecule has 11 aromatic rings. The highest BCUT2D eigenvalue weighted by Crippen LogP contribution is 2.54. The Morgan fingerprint density at radius 1 is 0.429 bits per heavy atom. The zero-order valence-corrected chi connectivity index (χ0v) is 31.0. The molecule has 2 aromatic heterocycles. The van der Waals surface area contributed by atoms with Gasteiger partial charge in [-0.3, -0.25) is 0 Å². The molecule has 264 valence electrons. The Labute approximate surface area is 323 Å². The highest BCUT2D eigenvalue weighted by Gasteiger charge is 2.37. The zero-order chi connectivity index (χ0) is 37.1. The van der Waals surface area contributed by atoms with Gasteiger partial charge in [0.05, 0.1) is 5.69 Å². The van der Waals surface area contributed by atoms with Crippen LogP contribution in [0.5, 0.6) is 0 Å². The van der Waals surface area contributed by atoms with E-state index >= 15 is 0 Å². The van der Waals surface area contributed by atoms with Gasteiger partial charge in [-0.15, -0.1) is 0 Å². The monoisotopic (exact) mass is 717 g/mol. The van der Waals surface area contributed by atoms with Crippen LogP contribution in [0, 0.1) is 0 Å². The van der Waals surface area contributed by atoms with Gasteiger partial charge in [-0.1, -0.05) is 129 Å². The molecule has 0 atom stereocenters. The molecule has 0 radical (unpaired) electrons. The van der Waals surface area contributed by atoms with Gasteiger partial charge in [-0.2, -0.15) is 0 Å². The van der Waals surface area contributed by atoms with Crippen molar-refractivity contribution < 1.29 is 8.83 Å². The average Bonchev–Trinajstić information content (AvgIpc) is 3.89. The summed E-state index contributed by atoms with van der Waals surface area (Å²) in [6.45, 7) is 4.68. The minimum Gasteiger partial charge on any atom is -0.456 e. The van der Waals surface area contributed by atoms with Crippen LogP contribution in [0.1, 0.15) is 25.0 Å². The van der Waals surface area contributed by atoms with E-state index in [0.29, 0.717) is 0 Å². The lowest BCUT2D eigenvalue weighted by Gasteiger charge is -2.29. The second kappa shape index (κ2) is 11.5. The van der Waals surface area contributed by atoms with Crippen LogP contribution in [-0.2, 0) is 5.41 Å². The van der Waals surface area contributed by atoms with Crippen molar-refractivity contribution in [3.63, 3.8) is 0 Å². The SMILES string of the molecule is CC1(C)c2ccccc2-c2c(N(c3ccc(-c4ccc5ccccc5c4)cc3)c3ccc4c(c3)oc3ccc5oc6c7ccccc7ccc6c5c34)cccc21. The number of furan rings is 2. The average molecular weight is 718 g/mol. The van der Waals surface area contributed by atoms with E-state index in [1.54, 1.807) is 0 Å². The molecular formula is C53H35NO2. The normalized spacial score (nSPS) is 13.3. The predicted octanol–water partition coefficient (Wildman–Crippen LogP) is 15.2. The Kier molecular flexibility index (Phi) is 6.40. The number of nitrogens with zero attached hydrogens (tertiary/aromatic N) is 1. The maximum atomic E-state index is 6.75. The lowest BCUT2D eigenvalue weighted by molar-refractivity contribution is 0.660. The number of anilines is 3. The third-order valence-electron chi connectivity index (χ3n) is 12.2. The Bertz CT molecular complexity index is 3400.